The monoisotopic (exact) mass is 800 g/mol. The molecule has 0 aliphatic carbocycles. The van der Waals surface area contributed by atoms with Crippen LogP contribution in [0.4, 0.5) is 0 Å². The number of likely N-dealkylation sites (N-methyl/N-ethyl adjacent to an activating group) is 1. The number of piperidine rings is 2. The van der Waals surface area contributed by atoms with Gasteiger partial charge in [-0.1, -0.05) is 13.8 Å². The maximum Gasteiger partial charge on any atom is 0.253 e. The summed E-state index contributed by atoms with van der Waals surface area (Å²) < 4.78 is 52.5. The number of benzene rings is 2. The summed E-state index contributed by atoms with van der Waals surface area (Å²) in [5.41, 5.74) is 6.39. The zero-order valence-corrected chi connectivity index (χ0v) is 34.4. The molecule has 2 amide bonds. The number of carbonyl (C=O) groups is 2. The molecule has 8 rings (SSSR count). The molecule has 0 spiro atoms. The van der Waals surface area contributed by atoms with Gasteiger partial charge in [0.05, 0.1) is 23.5 Å². The molecule has 294 valence electrons. The van der Waals surface area contributed by atoms with Crippen molar-refractivity contribution < 1.29 is 26.4 Å². The van der Waals surface area contributed by atoms with Crippen molar-refractivity contribution >= 4 is 66.1 Å². The lowest BCUT2D eigenvalue weighted by Crippen LogP contribution is -2.37. The summed E-state index contributed by atoms with van der Waals surface area (Å²) in [6, 6.07) is 10.9. The molecular formula is C39H53ClN6O6S2. The Morgan fingerprint density at radius 3 is 1.57 bits per heavy atom. The fourth-order valence-corrected chi connectivity index (χ4v) is 10.7. The number of halogens is 1. The van der Waals surface area contributed by atoms with Gasteiger partial charge >= 0.3 is 0 Å². The molecule has 54 heavy (non-hydrogen) atoms. The van der Waals surface area contributed by atoms with Crippen molar-refractivity contribution in [2.45, 2.75) is 65.5 Å². The Morgan fingerprint density at radius 1 is 0.667 bits per heavy atom. The van der Waals surface area contributed by atoms with Crippen molar-refractivity contribution in [1.82, 2.24) is 28.0 Å². The number of amides is 2. The van der Waals surface area contributed by atoms with Crippen molar-refractivity contribution in [3.63, 3.8) is 0 Å². The van der Waals surface area contributed by atoms with Crippen molar-refractivity contribution in [2.75, 3.05) is 58.8 Å². The van der Waals surface area contributed by atoms with Crippen LogP contribution in [-0.2, 0) is 46.0 Å². The van der Waals surface area contributed by atoms with E-state index in [1.807, 2.05) is 29.0 Å². The summed E-state index contributed by atoms with van der Waals surface area (Å²) in [4.78, 5) is 31.9. The Balaban J connectivity index is 0.000000181. The minimum absolute atomic E-state index is 0. The number of nitrogens with zero attached hydrogens (tertiary/aromatic N) is 5. The third-order valence-electron chi connectivity index (χ3n) is 11.6. The standard InChI is InChI=1S/C20H27N3O3S.C19H25N3O3S.ClH/c1-14-6-10-22(11-7-14)20(24)15-4-5-18-16(12-15)17-13-21(2)9-8-19(17)23(18)27(3,25)26;1-13-6-9-21(10-7-13)19(23)14-3-4-17-15(11-14)16-12-20-8-5-18(16)22(17)26(2,24)25;/h4-5,12,14H,6-11,13H2,1-3H3;3-4,11,13,20H,5-10,12H2,1-2H3;1H. The van der Waals surface area contributed by atoms with E-state index in [9.17, 15) is 26.4 Å². The lowest BCUT2D eigenvalue weighted by atomic mass is 9.98. The largest absolute Gasteiger partial charge is 0.339 e. The van der Waals surface area contributed by atoms with Crippen LogP contribution in [0.3, 0.4) is 0 Å². The first kappa shape index (κ1) is 40.2. The summed E-state index contributed by atoms with van der Waals surface area (Å²) in [7, 11) is -4.76. The molecule has 1 N–H and O–H groups in total. The van der Waals surface area contributed by atoms with Crippen molar-refractivity contribution in [2.24, 2.45) is 11.8 Å². The average molecular weight is 801 g/mol. The number of carbonyl (C=O) groups excluding carboxylic acids is 2. The van der Waals surface area contributed by atoms with Gasteiger partial charge in [0, 0.05) is 98.5 Å². The summed E-state index contributed by atoms with van der Waals surface area (Å²) in [6.07, 6.45) is 8.01. The van der Waals surface area contributed by atoms with Crippen LogP contribution in [0, 0.1) is 11.8 Å². The van der Waals surface area contributed by atoms with Gasteiger partial charge in [-0.25, -0.2) is 24.8 Å². The highest BCUT2D eigenvalue weighted by Crippen LogP contribution is 2.34. The highest BCUT2D eigenvalue weighted by Gasteiger charge is 2.29. The lowest BCUT2D eigenvalue weighted by molar-refractivity contribution is 0.0689. The topological polar surface area (TPSA) is 134 Å². The van der Waals surface area contributed by atoms with Crippen LogP contribution < -0.4 is 5.32 Å². The van der Waals surface area contributed by atoms with Crippen molar-refractivity contribution in [3.05, 3.63) is 70.0 Å². The van der Waals surface area contributed by atoms with Gasteiger partial charge in [-0.05, 0) is 92.1 Å². The van der Waals surface area contributed by atoms with Crippen LogP contribution in [0.2, 0.25) is 0 Å². The second-order valence-corrected chi connectivity index (χ2v) is 19.4. The fourth-order valence-electron chi connectivity index (χ4n) is 8.51. The Hall–Kier alpha value is -3.43. The summed E-state index contributed by atoms with van der Waals surface area (Å²) in [6.45, 7) is 10.6. The normalized spacial score (nSPS) is 18.8. The first-order valence-corrected chi connectivity index (χ1v) is 22.5. The fraction of sp³-hybridized carbons (Fsp3) is 0.538. The van der Waals surface area contributed by atoms with Crippen molar-refractivity contribution in [1.29, 1.82) is 0 Å². The highest BCUT2D eigenvalue weighted by molar-refractivity contribution is 7.89. The van der Waals surface area contributed by atoms with Crippen LogP contribution in [0.5, 0.6) is 0 Å². The molecule has 0 radical (unpaired) electrons. The smallest absolute Gasteiger partial charge is 0.253 e. The first-order chi connectivity index (χ1) is 25.1. The van der Waals surface area contributed by atoms with Gasteiger partial charge in [0.25, 0.3) is 11.8 Å². The van der Waals surface area contributed by atoms with Crippen LogP contribution in [0.25, 0.3) is 21.8 Å². The molecule has 4 aromatic rings. The zero-order valence-electron chi connectivity index (χ0n) is 31.9. The average Bonchev–Trinajstić information content (AvgIpc) is 3.64. The lowest BCUT2D eigenvalue weighted by Gasteiger charge is -2.30. The molecule has 0 unspecified atom stereocenters. The molecule has 0 atom stereocenters. The Morgan fingerprint density at radius 2 is 1.11 bits per heavy atom. The van der Waals surface area contributed by atoms with Gasteiger partial charge in [-0.15, -0.1) is 12.4 Å². The Labute approximate surface area is 325 Å². The van der Waals surface area contributed by atoms with E-state index in [0.717, 1.165) is 98.2 Å². The molecule has 15 heteroatoms. The van der Waals surface area contributed by atoms with E-state index in [-0.39, 0.29) is 24.2 Å². The zero-order chi connectivity index (χ0) is 37.8. The number of hydrogen-bond acceptors (Lipinski definition) is 8. The number of nitrogens with one attached hydrogen (secondary N) is 1. The number of aromatic nitrogens is 2. The SMILES string of the molecule is CC1CCN(C(=O)c2ccc3c(c2)c2c(n3S(C)(=O)=O)CCN(C)C2)CC1.CC1CCN(C(=O)c2ccc3c(c2)c2c(n3S(C)(=O)=O)CCNC2)CC1.Cl. The van der Waals surface area contributed by atoms with Gasteiger partial charge in [0.15, 0.2) is 0 Å². The third kappa shape index (κ3) is 7.82. The molecular weight excluding hydrogens is 748 g/mol. The predicted molar refractivity (Wildman–Crippen MR) is 216 cm³/mol. The number of likely N-dealkylation sites (tertiary alicyclic amines) is 2. The van der Waals surface area contributed by atoms with Crippen LogP contribution in [0.15, 0.2) is 36.4 Å². The minimum atomic E-state index is -3.40. The molecule has 0 saturated carbocycles. The van der Waals surface area contributed by atoms with E-state index in [0.29, 0.717) is 59.9 Å². The second kappa shape index (κ2) is 15.6. The summed E-state index contributed by atoms with van der Waals surface area (Å²) >= 11 is 0. The molecule has 12 nitrogen and oxygen atoms in total. The maximum atomic E-state index is 13.0. The second-order valence-electron chi connectivity index (χ2n) is 15.7. The van der Waals surface area contributed by atoms with Crippen LogP contribution >= 0.6 is 12.4 Å². The molecule has 4 aliphatic rings. The molecule has 0 bridgehead atoms. The van der Waals surface area contributed by atoms with Crippen LogP contribution in [-0.4, -0.2) is 110 Å². The maximum absolute atomic E-state index is 13.0. The minimum Gasteiger partial charge on any atom is -0.339 e. The van der Waals surface area contributed by atoms with Crippen molar-refractivity contribution in [3.8, 4) is 0 Å². The molecule has 2 saturated heterocycles. The van der Waals surface area contributed by atoms with Gasteiger partial charge in [0.2, 0.25) is 20.0 Å². The molecule has 4 aliphatic heterocycles. The first-order valence-electron chi connectivity index (χ1n) is 18.8. The van der Waals surface area contributed by atoms with Crippen LogP contribution in [0.1, 0.15) is 82.8 Å². The van der Waals surface area contributed by atoms with Gasteiger partial charge in [-0.3, -0.25) is 9.59 Å². The molecule has 6 heterocycles. The van der Waals surface area contributed by atoms with E-state index in [1.54, 1.807) is 24.3 Å². The predicted octanol–water partition coefficient (Wildman–Crippen LogP) is 4.70. The molecule has 2 aromatic heterocycles. The van der Waals surface area contributed by atoms with E-state index >= 15 is 0 Å². The third-order valence-corrected chi connectivity index (χ3v) is 13.7. The van der Waals surface area contributed by atoms with E-state index in [2.05, 4.69) is 24.1 Å². The summed E-state index contributed by atoms with van der Waals surface area (Å²) in [5, 5.41) is 5.07. The van der Waals surface area contributed by atoms with Gasteiger partial charge in [-0.2, -0.15) is 0 Å². The Kier molecular flexibility index (Phi) is 11.6. The number of hydrogen-bond donors (Lipinski definition) is 1. The molecule has 2 fully saturated rings. The molecule has 2 aromatic carbocycles. The van der Waals surface area contributed by atoms with Gasteiger partial charge in [0.1, 0.15) is 0 Å². The van der Waals surface area contributed by atoms with E-state index < -0.39 is 20.0 Å². The van der Waals surface area contributed by atoms with Gasteiger partial charge < -0.3 is 20.0 Å². The van der Waals surface area contributed by atoms with E-state index in [1.165, 1.54) is 20.5 Å². The number of fused-ring (bicyclic) bond motifs is 6. The summed E-state index contributed by atoms with van der Waals surface area (Å²) in [5.74, 6) is 1.43. The van der Waals surface area contributed by atoms with E-state index in [4.69, 9.17) is 0 Å². The highest BCUT2D eigenvalue weighted by atomic mass is 35.5. The Bertz CT molecular complexity index is 2300. The number of rotatable bonds is 4. The quantitative estimate of drug-likeness (QED) is 0.314.